The predicted molar refractivity (Wildman–Crippen MR) is 114 cm³/mol. The molecule has 2 amide bonds. The molecular weight excluding hydrogens is 406 g/mol. The van der Waals surface area contributed by atoms with Crippen LogP contribution in [-0.4, -0.2) is 73.8 Å². The Labute approximate surface area is 180 Å². The molecule has 0 spiro atoms. The minimum absolute atomic E-state index is 0.00210. The largest absolute Gasteiger partial charge is 0.450 e. The molecule has 8 nitrogen and oxygen atoms in total. The SMILES string of the molecule is CCOC(=O)N1C[C@H](C)N(C(C)=O)C2CCC(C3CCCC(NS(C)(=O)=O)C3)CC21. The fraction of sp³-hybridized carbons (Fsp3) is 0.905. The third-order valence-corrected chi connectivity index (χ3v) is 7.90. The van der Waals surface area contributed by atoms with E-state index in [1.54, 1.807) is 6.92 Å². The molecule has 6 atom stereocenters. The summed E-state index contributed by atoms with van der Waals surface area (Å²) in [6.07, 6.45) is 7.49. The van der Waals surface area contributed by atoms with E-state index in [0.29, 0.717) is 25.0 Å². The third-order valence-electron chi connectivity index (χ3n) is 7.14. The zero-order chi connectivity index (χ0) is 22.1. The minimum Gasteiger partial charge on any atom is -0.450 e. The van der Waals surface area contributed by atoms with Gasteiger partial charge in [-0.2, -0.15) is 0 Å². The van der Waals surface area contributed by atoms with Gasteiger partial charge in [-0.1, -0.05) is 12.8 Å². The zero-order valence-corrected chi connectivity index (χ0v) is 19.5. The molecule has 5 unspecified atom stereocenters. The van der Waals surface area contributed by atoms with Crippen molar-refractivity contribution in [3.05, 3.63) is 0 Å². The molecule has 172 valence electrons. The van der Waals surface area contributed by atoms with Crippen LogP contribution in [0.1, 0.15) is 65.7 Å². The second-order valence-electron chi connectivity index (χ2n) is 9.35. The second-order valence-corrected chi connectivity index (χ2v) is 11.1. The van der Waals surface area contributed by atoms with Gasteiger partial charge in [0.1, 0.15) is 0 Å². The lowest BCUT2D eigenvalue weighted by Gasteiger charge is -2.54. The van der Waals surface area contributed by atoms with E-state index in [1.807, 2.05) is 23.6 Å². The normalized spacial score (nSPS) is 34.9. The monoisotopic (exact) mass is 443 g/mol. The van der Waals surface area contributed by atoms with Crippen molar-refractivity contribution in [1.29, 1.82) is 0 Å². The van der Waals surface area contributed by atoms with Gasteiger partial charge in [0, 0.05) is 25.6 Å². The van der Waals surface area contributed by atoms with Crippen LogP contribution in [0.3, 0.4) is 0 Å². The summed E-state index contributed by atoms with van der Waals surface area (Å²) in [4.78, 5) is 28.9. The average molecular weight is 444 g/mol. The van der Waals surface area contributed by atoms with Gasteiger partial charge in [-0.05, 0) is 57.8 Å². The van der Waals surface area contributed by atoms with Gasteiger partial charge < -0.3 is 14.5 Å². The number of nitrogens with zero attached hydrogens (tertiary/aromatic N) is 2. The zero-order valence-electron chi connectivity index (χ0n) is 18.7. The van der Waals surface area contributed by atoms with Gasteiger partial charge in [0.15, 0.2) is 0 Å². The Morgan fingerprint density at radius 3 is 2.40 bits per heavy atom. The van der Waals surface area contributed by atoms with E-state index < -0.39 is 10.0 Å². The first-order valence-corrected chi connectivity index (χ1v) is 13.2. The van der Waals surface area contributed by atoms with Crippen molar-refractivity contribution in [2.24, 2.45) is 11.8 Å². The van der Waals surface area contributed by atoms with Crippen molar-refractivity contribution >= 4 is 22.0 Å². The number of sulfonamides is 1. The number of carbonyl (C=O) groups excluding carboxylic acids is 2. The molecule has 0 radical (unpaired) electrons. The summed E-state index contributed by atoms with van der Waals surface area (Å²) in [6, 6.07) is -0.0351. The lowest BCUT2D eigenvalue weighted by atomic mass is 9.69. The van der Waals surface area contributed by atoms with Gasteiger partial charge >= 0.3 is 6.09 Å². The van der Waals surface area contributed by atoms with Crippen LogP contribution in [0.5, 0.6) is 0 Å². The Kier molecular flexibility index (Phi) is 7.32. The van der Waals surface area contributed by atoms with Gasteiger partial charge in [0.25, 0.3) is 0 Å². The first-order chi connectivity index (χ1) is 14.1. The van der Waals surface area contributed by atoms with Crippen LogP contribution < -0.4 is 4.72 Å². The molecule has 1 N–H and O–H groups in total. The summed E-state index contributed by atoms with van der Waals surface area (Å²) < 4.78 is 31.5. The molecule has 3 fully saturated rings. The Balaban J connectivity index is 1.75. The van der Waals surface area contributed by atoms with Crippen LogP contribution in [-0.2, 0) is 19.6 Å². The number of fused-ring (bicyclic) bond motifs is 1. The lowest BCUT2D eigenvalue weighted by Crippen LogP contribution is -2.67. The molecule has 1 heterocycles. The highest BCUT2D eigenvalue weighted by Gasteiger charge is 2.48. The molecular formula is C21H37N3O5S. The van der Waals surface area contributed by atoms with Gasteiger partial charge in [-0.3, -0.25) is 4.79 Å². The fourth-order valence-corrected chi connectivity index (χ4v) is 6.93. The number of rotatable bonds is 4. The van der Waals surface area contributed by atoms with Gasteiger partial charge in [-0.25, -0.2) is 17.9 Å². The predicted octanol–water partition coefficient (Wildman–Crippen LogP) is 2.34. The molecule has 1 saturated heterocycles. The quantitative estimate of drug-likeness (QED) is 0.719. The first kappa shape index (κ1) is 23.3. The number of ether oxygens (including phenoxy) is 1. The molecule has 3 aliphatic rings. The molecule has 30 heavy (non-hydrogen) atoms. The van der Waals surface area contributed by atoms with Crippen molar-refractivity contribution in [1.82, 2.24) is 14.5 Å². The van der Waals surface area contributed by atoms with E-state index >= 15 is 0 Å². The Bertz CT molecular complexity index is 743. The van der Waals surface area contributed by atoms with Crippen LogP contribution in [0.4, 0.5) is 4.79 Å². The summed E-state index contributed by atoms with van der Waals surface area (Å²) >= 11 is 0. The molecule has 2 aliphatic carbocycles. The molecule has 0 aromatic rings. The van der Waals surface area contributed by atoms with E-state index in [9.17, 15) is 18.0 Å². The maximum Gasteiger partial charge on any atom is 0.410 e. The molecule has 3 rings (SSSR count). The van der Waals surface area contributed by atoms with Crippen LogP contribution in [0, 0.1) is 11.8 Å². The number of hydrogen-bond acceptors (Lipinski definition) is 5. The third kappa shape index (κ3) is 5.28. The average Bonchev–Trinajstić information content (AvgIpc) is 2.65. The molecule has 9 heteroatoms. The first-order valence-electron chi connectivity index (χ1n) is 11.3. The van der Waals surface area contributed by atoms with E-state index in [0.717, 1.165) is 44.9 Å². The van der Waals surface area contributed by atoms with E-state index in [2.05, 4.69) is 4.72 Å². The molecule has 0 bridgehead atoms. The van der Waals surface area contributed by atoms with E-state index in [4.69, 9.17) is 4.74 Å². The highest BCUT2D eigenvalue weighted by molar-refractivity contribution is 7.88. The summed E-state index contributed by atoms with van der Waals surface area (Å²) in [7, 11) is -3.21. The van der Waals surface area contributed by atoms with Crippen LogP contribution in [0.25, 0.3) is 0 Å². The molecule has 2 saturated carbocycles. The Morgan fingerprint density at radius 1 is 1.07 bits per heavy atom. The van der Waals surface area contributed by atoms with Gasteiger partial charge in [0.05, 0.1) is 24.9 Å². The van der Waals surface area contributed by atoms with E-state index in [1.165, 1.54) is 6.26 Å². The number of amides is 2. The lowest BCUT2D eigenvalue weighted by molar-refractivity contribution is -0.142. The highest BCUT2D eigenvalue weighted by Crippen LogP contribution is 2.43. The maximum absolute atomic E-state index is 12.7. The van der Waals surface area contributed by atoms with Crippen molar-refractivity contribution in [3.63, 3.8) is 0 Å². The maximum atomic E-state index is 12.7. The Morgan fingerprint density at radius 2 is 1.77 bits per heavy atom. The summed E-state index contributed by atoms with van der Waals surface area (Å²) in [5.41, 5.74) is 0. The topological polar surface area (TPSA) is 96.0 Å². The highest BCUT2D eigenvalue weighted by atomic mass is 32.2. The van der Waals surface area contributed by atoms with Crippen molar-refractivity contribution in [2.45, 2.75) is 89.9 Å². The molecule has 0 aromatic carbocycles. The smallest absolute Gasteiger partial charge is 0.410 e. The number of hydrogen-bond donors (Lipinski definition) is 1. The van der Waals surface area contributed by atoms with Gasteiger partial charge in [0.2, 0.25) is 15.9 Å². The number of carbonyl (C=O) groups is 2. The van der Waals surface area contributed by atoms with Crippen molar-refractivity contribution < 1.29 is 22.7 Å². The second kappa shape index (κ2) is 9.42. The van der Waals surface area contributed by atoms with E-state index in [-0.39, 0.29) is 36.2 Å². The Hall–Kier alpha value is -1.35. The van der Waals surface area contributed by atoms with Crippen LogP contribution >= 0.6 is 0 Å². The van der Waals surface area contributed by atoms with Gasteiger partial charge in [-0.15, -0.1) is 0 Å². The number of nitrogens with one attached hydrogen (secondary N) is 1. The minimum atomic E-state index is -3.21. The van der Waals surface area contributed by atoms with Crippen molar-refractivity contribution in [3.8, 4) is 0 Å². The van der Waals surface area contributed by atoms with Crippen LogP contribution in [0.15, 0.2) is 0 Å². The van der Waals surface area contributed by atoms with Crippen LogP contribution in [0.2, 0.25) is 0 Å². The summed E-state index contributed by atoms with van der Waals surface area (Å²) in [5, 5.41) is 0. The number of piperazine rings is 1. The molecule has 1 aliphatic heterocycles. The summed E-state index contributed by atoms with van der Waals surface area (Å²) in [6.45, 7) is 6.25. The summed E-state index contributed by atoms with van der Waals surface area (Å²) in [5.74, 6) is 0.928. The fourth-order valence-electron chi connectivity index (χ4n) is 6.11. The van der Waals surface area contributed by atoms with Crippen molar-refractivity contribution in [2.75, 3.05) is 19.4 Å². The molecule has 0 aromatic heterocycles. The standard InChI is InChI=1S/C21H37N3O5S/c1-5-29-21(26)23-13-14(2)24(15(3)25)19-10-9-17(12-20(19)23)16-7-6-8-18(11-16)22-30(4,27)28/h14,16-20,22H,5-13H2,1-4H3/t14-,16?,17?,18?,19?,20?/m0/s1.